The van der Waals surface area contributed by atoms with Crippen LogP contribution < -0.4 is 17.2 Å². The lowest BCUT2D eigenvalue weighted by Gasteiger charge is -2.11. The Morgan fingerprint density at radius 1 is 0.897 bits per heavy atom. The van der Waals surface area contributed by atoms with Crippen LogP contribution in [0.25, 0.3) is 0 Å². The highest BCUT2D eigenvalue weighted by Gasteiger charge is 2.19. The van der Waals surface area contributed by atoms with E-state index in [2.05, 4.69) is 61.9 Å². The predicted molar refractivity (Wildman–Crippen MR) is 152 cm³/mol. The van der Waals surface area contributed by atoms with E-state index in [1.165, 1.54) is 19.4 Å². The van der Waals surface area contributed by atoms with Gasteiger partial charge in [-0.05, 0) is 47.6 Å². The highest BCUT2D eigenvalue weighted by molar-refractivity contribution is 5.90. The number of primary amides is 3. The zero-order valence-electron chi connectivity index (χ0n) is 24.3. The molecular formula is C26H44N8O5. The number of aliphatic carboxylic acids is 1. The molecule has 0 atom stereocenters. The third-order valence-electron chi connectivity index (χ3n) is 2.18. The van der Waals surface area contributed by atoms with Crippen molar-refractivity contribution in [2.75, 3.05) is 0 Å². The van der Waals surface area contributed by atoms with E-state index >= 15 is 0 Å². The van der Waals surface area contributed by atoms with Crippen LogP contribution in [0.1, 0.15) is 61.8 Å². The summed E-state index contributed by atoms with van der Waals surface area (Å²) in [5, 5.41) is 40.1. The zero-order chi connectivity index (χ0) is 33.3. The first-order chi connectivity index (χ1) is 17.6. The van der Waals surface area contributed by atoms with Crippen LogP contribution in [0.3, 0.4) is 0 Å². The molecular weight excluding hydrogens is 504 g/mol. The summed E-state index contributed by atoms with van der Waals surface area (Å²) in [6.45, 7) is 26.5. The fourth-order valence-electron chi connectivity index (χ4n) is 0.295. The van der Waals surface area contributed by atoms with E-state index < -0.39 is 28.9 Å². The average Bonchev–Trinajstić information content (AvgIpc) is 2.85. The van der Waals surface area contributed by atoms with Gasteiger partial charge in [0, 0.05) is 17.2 Å². The van der Waals surface area contributed by atoms with Crippen LogP contribution in [0, 0.1) is 34.0 Å². The fraction of sp³-hybridized carbons (Fsp3) is 0.423. The number of allylic oxidation sites excluding steroid dienone is 1. The lowest BCUT2D eigenvalue weighted by Crippen LogP contribution is -2.17. The van der Waals surface area contributed by atoms with Crippen LogP contribution in [-0.2, 0) is 19.2 Å². The van der Waals surface area contributed by atoms with Crippen LogP contribution in [0.5, 0.6) is 0 Å². The standard InChI is InChI=1S/C8H12N4.C4H7NO.C4H6O2.C3H5NO.C3H3N.C3H8.CH3NO/c1-7(2,5-9)11-12-8(3,4)6-10;2*1-3(2)4(5)6;1-2-3(4)5;1-2-3-4;1-3-2;2-1-3/h1-4H3;1H2,2H3,(H2,5,6);1H2,2H3,(H,5,6);2H,1H2,(H2,4,5);2H,1H2;3H2,1-2H3;1H,(H2,2,3). The summed E-state index contributed by atoms with van der Waals surface area (Å²) in [6, 6.07) is 5.63. The molecule has 13 heteroatoms. The van der Waals surface area contributed by atoms with Crippen molar-refractivity contribution in [1.29, 1.82) is 15.8 Å². The second kappa shape index (κ2) is 35.1. The third-order valence-corrected chi connectivity index (χ3v) is 2.18. The van der Waals surface area contributed by atoms with Gasteiger partial charge in [0.25, 0.3) is 0 Å². The number of carboxylic acid groups (broad SMARTS) is 1. The minimum Gasteiger partial charge on any atom is -0.478 e. The summed E-state index contributed by atoms with van der Waals surface area (Å²) in [6.07, 6.45) is 3.74. The molecule has 0 saturated carbocycles. The summed E-state index contributed by atoms with van der Waals surface area (Å²) in [7, 11) is 0. The summed E-state index contributed by atoms with van der Waals surface area (Å²) in [5.74, 6) is -1.85. The molecule has 0 radical (unpaired) electrons. The summed E-state index contributed by atoms with van der Waals surface area (Å²) >= 11 is 0. The van der Waals surface area contributed by atoms with Gasteiger partial charge in [0.1, 0.15) is 0 Å². The Labute approximate surface area is 232 Å². The second-order valence-electron chi connectivity index (χ2n) is 7.55. The Hall–Kier alpha value is -5.09. The number of amides is 3. The molecule has 0 heterocycles. The number of nitrogens with zero attached hydrogens (tertiary/aromatic N) is 5. The van der Waals surface area contributed by atoms with Crippen molar-refractivity contribution in [3.63, 3.8) is 0 Å². The van der Waals surface area contributed by atoms with Gasteiger partial charge in [0.05, 0.1) is 18.2 Å². The molecule has 218 valence electrons. The second-order valence-corrected chi connectivity index (χ2v) is 7.55. The minimum atomic E-state index is -0.935. The highest BCUT2D eigenvalue weighted by Crippen LogP contribution is 2.13. The van der Waals surface area contributed by atoms with Crippen molar-refractivity contribution in [2.24, 2.45) is 27.4 Å². The molecule has 0 aromatic heterocycles. The summed E-state index contributed by atoms with van der Waals surface area (Å²) in [4.78, 5) is 37.5. The smallest absolute Gasteiger partial charge is 0.330 e. The van der Waals surface area contributed by atoms with Crippen molar-refractivity contribution < 1.29 is 24.3 Å². The number of nitrogens with two attached hydrogens (primary N) is 3. The van der Waals surface area contributed by atoms with E-state index in [9.17, 15) is 14.4 Å². The first-order valence-corrected chi connectivity index (χ1v) is 10.8. The van der Waals surface area contributed by atoms with E-state index in [1.54, 1.807) is 40.7 Å². The molecule has 0 aliphatic carbocycles. The van der Waals surface area contributed by atoms with Crippen molar-refractivity contribution in [3.05, 3.63) is 49.6 Å². The molecule has 39 heavy (non-hydrogen) atoms. The average molecular weight is 549 g/mol. The number of hydrogen-bond acceptors (Lipinski definition) is 9. The topological polar surface area (TPSA) is 263 Å². The van der Waals surface area contributed by atoms with E-state index in [-0.39, 0.29) is 12.0 Å². The van der Waals surface area contributed by atoms with Crippen molar-refractivity contribution in [3.8, 4) is 18.2 Å². The first kappa shape index (κ1) is 50.7. The predicted octanol–water partition coefficient (Wildman–Crippen LogP) is 3.61. The molecule has 0 aliphatic rings. The van der Waals surface area contributed by atoms with Gasteiger partial charge in [-0.3, -0.25) is 14.4 Å². The molecule has 0 rings (SSSR count). The quantitative estimate of drug-likeness (QED) is 0.170. The number of nitriles is 3. The first-order valence-electron chi connectivity index (χ1n) is 10.8. The lowest BCUT2D eigenvalue weighted by molar-refractivity contribution is -0.132. The van der Waals surface area contributed by atoms with Crippen LogP contribution in [-0.4, -0.2) is 40.4 Å². The summed E-state index contributed by atoms with van der Waals surface area (Å²) < 4.78 is 0. The molecule has 0 saturated heterocycles. The lowest BCUT2D eigenvalue weighted by atomic mass is 10.1. The van der Waals surface area contributed by atoms with Crippen LogP contribution in [0.4, 0.5) is 0 Å². The third kappa shape index (κ3) is 87.9. The van der Waals surface area contributed by atoms with E-state index in [1.807, 2.05) is 12.1 Å². The van der Waals surface area contributed by atoms with Crippen molar-refractivity contribution in [2.45, 2.75) is 72.9 Å². The van der Waals surface area contributed by atoms with Gasteiger partial charge in [0.15, 0.2) is 11.1 Å². The Morgan fingerprint density at radius 3 is 1.13 bits per heavy atom. The normalized spacial score (nSPS) is 8.13. The maximum absolute atomic E-state index is 9.82. The highest BCUT2D eigenvalue weighted by atomic mass is 16.4. The van der Waals surface area contributed by atoms with Crippen molar-refractivity contribution in [1.82, 2.24) is 0 Å². The zero-order valence-corrected chi connectivity index (χ0v) is 24.3. The SMILES string of the molecule is C=C(C)C(=O)O.C=C(C)C(N)=O.C=CC#N.C=CC(N)=O.CC(C)(C#N)N=NC(C)(C)C#N.CCC.NC=O. The summed E-state index contributed by atoms with van der Waals surface area (Å²) in [5.41, 5.74) is 12.3. The van der Waals surface area contributed by atoms with Gasteiger partial charge in [-0.2, -0.15) is 26.0 Å². The largest absolute Gasteiger partial charge is 0.478 e. The molecule has 3 amide bonds. The van der Waals surface area contributed by atoms with Gasteiger partial charge in [0.2, 0.25) is 18.2 Å². The van der Waals surface area contributed by atoms with Gasteiger partial charge < -0.3 is 22.3 Å². The molecule has 0 aliphatic heterocycles. The van der Waals surface area contributed by atoms with E-state index in [4.69, 9.17) is 31.4 Å². The van der Waals surface area contributed by atoms with Gasteiger partial charge in [-0.25, -0.2) is 4.79 Å². The number of carbonyl (C=O) groups is 4. The molecule has 13 nitrogen and oxygen atoms in total. The number of hydrogen-bond donors (Lipinski definition) is 4. The number of carboxylic acids is 1. The monoisotopic (exact) mass is 548 g/mol. The Balaban J connectivity index is -0.0000000656. The maximum Gasteiger partial charge on any atom is 0.330 e. The van der Waals surface area contributed by atoms with Crippen LogP contribution in [0.2, 0.25) is 0 Å². The molecule has 0 unspecified atom stereocenters. The van der Waals surface area contributed by atoms with E-state index in [0.717, 1.165) is 6.08 Å². The number of carbonyl (C=O) groups excluding carboxylic acids is 3. The number of rotatable bonds is 5. The molecule has 0 spiro atoms. The van der Waals surface area contributed by atoms with E-state index in [0.29, 0.717) is 5.57 Å². The van der Waals surface area contributed by atoms with Crippen LogP contribution in [0.15, 0.2) is 59.8 Å². The Morgan fingerprint density at radius 2 is 1.08 bits per heavy atom. The molecule has 7 N–H and O–H groups in total. The fourth-order valence-corrected chi connectivity index (χ4v) is 0.295. The number of azo groups is 1. The van der Waals surface area contributed by atoms with Gasteiger partial charge >= 0.3 is 5.97 Å². The molecule has 0 fully saturated rings. The molecule has 0 bridgehead atoms. The van der Waals surface area contributed by atoms with Crippen LogP contribution >= 0.6 is 0 Å². The molecule has 0 aromatic carbocycles. The maximum atomic E-state index is 9.82. The van der Waals surface area contributed by atoms with Crippen molar-refractivity contribution >= 4 is 24.2 Å². The van der Waals surface area contributed by atoms with Gasteiger partial charge in [-0.1, -0.05) is 46.6 Å². The minimum absolute atomic E-state index is 0.176. The Kier molecular flexibility index (Phi) is 45.6. The molecule has 0 aromatic rings. The van der Waals surface area contributed by atoms with Gasteiger partial charge in [-0.15, -0.1) is 0 Å². The Bertz CT molecular complexity index is 840.